The summed E-state index contributed by atoms with van der Waals surface area (Å²) in [6.07, 6.45) is 2.64. The average Bonchev–Trinajstić information content (AvgIpc) is 2.30. The first kappa shape index (κ1) is 14.9. The molecule has 1 aliphatic carbocycles. The van der Waals surface area contributed by atoms with Gasteiger partial charge < -0.3 is 15.3 Å². The Balaban J connectivity index is 2.58. The number of nitrogens with one attached hydrogen (secondary N) is 1. The number of hydrogen-bond acceptors (Lipinski definition) is 3. The molecule has 0 aromatic rings. The molecule has 1 aliphatic rings. The van der Waals surface area contributed by atoms with Gasteiger partial charge in [-0.05, 0) is 44.2 Å². The minimum atomic E-state index is 0.273. The third-order valence-electron chi connectivity index (χ3n) is 4.38. The van der Waals surface area contributed by atoms with Gasteiger partial charge in [0.05, 0.1) is 6.61 Å². The molecule has 3 heteroatoms. The van der Waals surface area contributed by atoms with Gasteiger partial charge in [0.1, 0.15) is 0 Å². The Hall–Kier alpha value is -0.120. The molecule has 1 fully saturated rings. The molecule has 4 unspecified atom stereocenters. The van der Waals surface area contributed by atoms with E-state index in [1.807, 2.05) is 0 Å². The Morgan fingerprint density at radius 2 is 2.00 bits per heavy atom. The highest BCUT2D eigenvalue weighted by molar-refractivity contribution is 4.88. The fourth-order valence-electron chi connectivity index (χ4n) is 3.37. The smallest absolute Gasteiger partial charge is 0.0558 e. The molecule has 3 nitrogen and oxygen atoms in total. The lowest BCUT2D eigenvalue weighted by Gasteiger charge is -2.41. The van der Waals surface area contributed by atoms with E-state index in [4.69, 9.17) is 5.11 Å². The molecule has 2 N–H and O–H groups in total. The molecule has 102 valence electrons. The van der Waals surface area contributed by atoms with E-state index >= 15 is 0 Å². The van der Waals surface area contributed by atoms with Crippen LogP contribution in [0.5, 0.6) is 0 Å². The van der Waals surface area contributed by atoms with Gasteiger partial charge in [-0.25, -0.2) is 0 Å². The Labute approximate surface area is 107 Å². The van der Waals surface area contributed by atoms with Crippen LogP contribution in [-0.4, -0.2) is 49.3 Å². The Bertz CT molecular complexity index is 210. The van der Waals surface area contributed by atoms with E-state index in [0.29, 0.717) is 6.04 Å². The largest absolute Gasteiger partial charge is 0.395 e. The van der Waals surface area contributed by atoms with E-state index in [9.17, 15) is 0 Å². The minimum absolute atomic E-state index is 0.273. The fraction of sp³-hybridized carbons (Fsp3) is 1.00. The van der Waals surface area contributed by atoms with Crippen molar-refractivity contribution >= 4 is 0 Å². The van der Waals surface area contributed by atoms with E-state index in [-0.39, 0.29) is 6.61 Å². The second-order valence-electron chi connectivity index (χ2n) is 5.73. The molecular weight excluding hydrogens is 212 g/mol. The van der Waals surface area contributed by atoms with E-state index in [2.05, 4.69) is 38.0 Å². The van der Waals surface area contributed by atoms with E-state index in [0.717, 1.165) is 37.4 Å². The Kier molecular flexibility index (Phi) is 6.45. The van der Waals surface area contributed by atoms with Crippen LogP contribution in [0.2, 0.25) is 0 Å². The molecule has 17 heavy (non-hydrogen) atoms. The Morgan fingerprint density at radius 1 is 1.29 bits per heavy atom. The van der Waals surface area contributed by atoms with E-state index in [1.165, 1.54) is 12.8 Å². The standard InChI is InChI=1S/C14H30N2O/c1-5-16(6-7-17)10-13-12(3)8-11(2)9-14(13)15-4/h11-15,17H,5-10H2,1-4H3. The van der Waals surface area contributed by atoms with Gasteiger partial charge in [-0.15, -0.1) is 0 Å². The maximum absolute atomic E-state index is 9.07. The van der Waals surface area contributed by atoms with Crippen molar-refractivity contribution < 1.29 is 5.11 Å². The van der Waals surface area contributed by atoms with Gasteiger partial charge in [0, 0.05) is 19.1 Å². The van der Waals surface area contributed by atoms with E-state index in [1.54, 1.807) is 0 Å². The van der Waals surface area contributed by atoms with Crippen molar-refractivity contribution in [2.24, 2.45) is 17.8 Å². The van der Waals surface area contributed by atoms with E-state index < -0.39 is 0 Å². The van der Waals surface area contributed by atoms with Crippen molar-refractivity contribution in [1.82, 2.24) is 10.2 Å². The van der Waals surface area contributed by atoms with Crippen molar-refractivity contribution in [3.63, 3.8) is 0 Å². The van der Waals surface area contributed by atoms with Gasteiger partial charge in [0.25, 0.3) is 0 Å². The van der Waals surface area contributed by atoms with Crippen molar-refractivity contribution in [1.29, 1.82) is 0 Å². The van der Waals surface area contributed by atoms with Crippen LogP contribution in [-0.2, 0) is 0 Å². The normalized spacial score (nSPS) is 34.2. The molecule has 0 bridgehead atoms. The van der Waals surface area contributed by atoms with Crippen LogP contribution in [0.3, 0.4) is 0 Å². The van der Waals surface area contributed by atoms with Crippen LogP contribution >= 0.6 is 0 Å². The second kappa shape index (κ2) is 7.34. The Morgan fingerprint density at radius 3 is 2.53 bits per heavy atom. The zero-order chi connectivity index (χ0) is 12.8. The lowest BCUT2D eigenvalue weighted by molar-refractivity contribution is 0.0965. The number of rotatable bonds is 6. The van der Waals surface area contributed by atoms with Gasteiger partial charge in [-0.3, -0.25) is 0 Å². The lowest BCUT2D eigenvalue weighted by Crippen LogP contribution is -2.48. The predicted octanol–water partition coefficient (Wildman–Crippen LogP) is 1.57. The minimum Gasteiger partial charge on any atom is -0.395 e. The number of likely N-dealkylation sites (N-methyl/N-ethyl adjacent to an activating group) is 1. The summed E-state index contributed by atoms with van der Waals surface area (Å²) in [4.78, 5) is 2.38. The topological polar surface area (TPSA) is 35.5 Å². The summed E-state index contributed by atoms with van der Waals surface area (Å²) in [5.41, 5.74) is 0. The van der Waals surface area contributed by atoms with Gasteiger partial charge in [-0.1, -0.05) is 20.8 Å². The third kappa shape index (κ3) is 4.23. The predicted molar refractivity (Wildman–Crippen MR) is 73.1 cm³/mol. The molecule has 0 aromatic carbocycles. The summed E-state index contributed by atoms with van der Waals surface area (Å²) < 4.78 is 0. The molecule has 0 radical (unpaired) electrons. The first-order chi connectivity index (χ1) is 8.12. The average molecular weight is 242 g/mol. The zero-order valence-electron chi connectivity index (χ0n) is 11.9. The molecule has 1 saturated carbocycles. The summed E-state index contributed by atoms with van der Waals surface area (Å²) in [7, 11) is 2.09. The second-order valence-corrected chi connectivity index (χ2v) is 5.73. The number of aliphatic hydroxyl groups is 1. The summed E-state index contributed by atoms with van der Waals surface area (Å²) in [6.45, 7) is 10.2. The summed E-state index contributed by atoms with van der Waals surface area (Å²) >= 11 is 0. The number of aliphatic hydroxyl groups excluding tert-OH is 1. The maximum atomic E-state index is 9.07. The van der Waals surface area contributed by atoms with Crippen LogP contribution in [0.15, 0.2) is 0 Å². The molecule has 4 atom stereocenters. The highest BCUT2D eigenvalue weighted by atomic mass is 16.3. The molecule has 0 spiro atoms. The van der Waals surface area contributed by atoms with Crippen molar-refractivity contribution in [2.45, 2.75) is 39.7 Å². The van der Waals surface area contributed by atoms with Gasteiger partial charge in [-0.2, -0.15) is 0 Å². The highest BCUT2D eigenvalue weighted by Gasteiger charge is 2.33. The summed E-state index contributed by atoms with van der Waals surface area (Å²) in [5, 5.41) is 12.6. The third-order valence-corrected chi connectivity index (χ3v) is 4.38. The quantitative estimate of drug-likeness (QED) is 0.742. The van der Waals surface area contributed by atoms with Crippen LogP contribution in [0.1, 0.15) is 33.6 Å². The van der Waals surface area contributed by atoms with Crippen LogP contribution in [0, 0.1) is 17.8 Å². The monoisotopic (exact) mass is 242 g/mol. The van der Waals surface area contributed by atoms with Crippen molar-refractivity contribution in [3.05, 3.63) is 0 Å². The van der Waals surface area contributed by atoms with Crippen LogP contribution < -0.4 is 5.32 Å². The molecule has 0 heterocycles. The van der Waals surface area contributed by atoms with Gasteiger partial charge >= 0.3 is 0 Å². The first-order valence-electron chi connectivity index (χ1n) is 7.12. The van der Waals surface area contributed by atoms with Crippen molar-refractivity contribution in [3.8, 4) is 0 Å². The molecule has 0 amide bonds. The van der Waals surface area contributed by atoms with Crippen LogP contribution in [0.25, 0.3) is 0 Å². The molecular formula is C14H30N2O. The maximum Gasteiger partial charge on any atom is 0.0558 e. The summed E-state index contributed by atoms with van der Waals surface area (Å²) in [6, 6.07) is 0.640. The summed E-state index contributed by atoms with van der Waals surface area (Å²) in [5.74, 6) is 2.35. The van der Waals surface area contributed by atoms with Crippen molar-refractivity contribution in [2.75, 3.05) is 33.3 Å². The molecule has 0 saturated heterocycles. The SMILES string of the molecule is CCN(CCO)CC1C(C)CC(C)CC1NC. The fourth-order valence-corrected chi connectivity index (χ4v) is 3.37. The van der Waals surface area contributed by atoms with Gasteiger partial charge in [0.15, 0.2) is 0 Å². The first-order valence-corrected chi connectivity index (χ1v) is 7.12. The molecule has 1 rings (SSSR count). The lowest BCUT2D eigenvalue weighted by atomic mass is 9.72. The van der Waals surface area contributed by atoms with Crippen LogP contribution in [0.4, 0.5) is 0 Å². The van der Waals surface area contributed by atoms with Gasteiger partial charge in [0.2, 0.25) is 0 Å². The zero-order valence-corrected chi connectivity index (χ0v) is 11.9. The molecule has 0 aromatic heterocycles. The molecule has 0 aliphatic heterocycles. The highest BCUT2D eigenvalue weighted by Crippen LogP contribution is 2.34. The number of hydrogen-bond donors (Lipinski definition) is 2. The number of nitrogens with zero attached hydrogens (tertiary/aromatic N) is 1.